The van der Waals surface area contributed by atoms with Gasteiger partial charge in [0.15, 0.2) is 18.4 Å². The Kier molecular flexibility index (Phi) is 7.34. The molecule has 1 aromatic heterocycles. The Morgan fingerprint density at radius 1 is 1.19 bits per heavy atom. The molecule has 1 fully saturated rings. The molecule has 0 amide bonds. The number of rotatable bonds is 5. The van der Waals surface area contributed by atoms with Gasteiger partial charge < -0.3 is 18.9 Å². The average Bonchev–Trinajstić information content (AvgIpc) is 2.95. The maximum Gasteiger partial charge on any atom is 0.303 e. The van der Waals surface area contributed by atoms with Crippen molar-refractivity contribution in [3.8, 4) is 0 Å². The summed E-state index contributed by atoms with van der Waals surface area (Å²) in [5, 5.41) is 4.15. The smallest absolute Gasteiger partial charge is 0.303 e. The molecule has 0 unspecified atom stereocenters. The van der Waals surface area contributed by atoms with Crippen LogP contribution in [0.25, 0.3) is 0 Å². The lowest BCUT2D eigenvalue weighted by Crippen LogP contribution is -2.57. The van der Waals surface area contributed by atoms with Crippen LogP contribution in [0.3, 0.4) is 0 Å². The molecule has 0 radical (unpaired) electrons. The van der Waals surface area contributed by atoms with E-state index < -0.39 is 46.4 Å². The van der Waals surface area contributed by atoms with Crippen LogP contribution < -0.4 is 0 Å². The Morgan fingerprint density at radius 2 is 1.81 bits per heavy atom. The predicted octanol–water partition coefficient (Wildman–Crippen LogP) is 1.17. The molecule has 2 heterocycles. The molecule has 144 valence electrons. The monoisotopic (exact) mass is 545 g/mol. The van der Waals surface area contributed by atoms with E-state index in [1.54, 1.807) is 0 Å². The van der Waals surface area contributed by atoms with E-state index in [4.69, 9.17) is 18.9 Å². The lowest BCUT2D eigenvalue weighted by atomic mass is 10.00. The van der Waals surface area contributed by atoms with Crippen molar-refractivity contribution in [1.82, 2.24) is 14.8 Å². The van der Waals surface area contributed by atoms with Crippen LogP contribution in [0.5, 0.6) is 0 Å². The first-order valence-corrected chi connectivity index (χ1v) is 9.57. The first kappa shape index (κ1) is 21.0. The molecule has 0 aromatic carbocycles. The van der Waals surface area contributed by atoms with Crippen molar-refractivity contribution >= 4 is 56.4 Å². The fourth-order valence-corrected chi connectivity index (χ4v) is 3.79. The van der Waals surface area contributed by atoms with Crippen molar-refractivity contribution in [2.75, 3.05) is 6.61 Å². The van der Waals surface area contributed by atoms with E-state index in [9.17, 15) is 14.4 Å². The number of alkyl halides is 1. The van der Waals surface area contributed by atoms with Gasteiger partial charge in [-0.2, -0.15) is 0 Å². The zero-order valence-electron chi connectivity index (χ0n) is 14.1. The lowest BCUT2D eigenvalue weighted by Gasteiger charge is -2.43. The van der Waals surface area contributed by atoms with Crippen LogP contribution in [0.4, 0.5) is 0 Å². The molecule has 0 aliphatic carbocycles. The van der Waals surface area contributed by atoms with Gasteiger partial charge in [0.1, 0.15) is 19.0 Å². The first-order chi connectivity index (χ1) is 12.2. The number of carbonyl (C=O) groups is 3. The Labute approximate surface area is 171 Å². The summed E-state index contributed by atoms with van der Waals surface area (Å²) in [6.45, 7) is 3.56. The first-order valence-electron chi connectivity index (χ1n) is 7.53. The summed E-state index contributed by atoms with van der Waals surface area (Å²) < 4.78 is 23.0. The second-order valence-electron chi connectivity index (χ2n) is 5.45. The van der Waals surface area contributed by atoms with Gasteiger partial charge in [0.05, 0.1) is 3.92 Å². The maximum absolute atomic E-state index is 11.6. The zero-order valence-corrected chi connectivity index (χ0v) is 17.9. The molecule has 12 heteroatoms. The summed E-state index contributed by atoms with van der Waals surface area (Å²) in [5.74, 6) is -1.63. The normalized spacial score (nSPS) is 28.3. The minimum Gasteiger partial charge on any atom is -0.463 e. The van der Waals surface area contributed by atoms with Crippen LogP contribution in [0, 0.1) is 0 Å². The molecule has 2 rings (SSSR count). The lowest BCUT2D eigenvalue weighted by molar-refractivity contribution is -0.223. The Bertz CT molecular complexity index is 685. The minimum atomic E-state index is -0.944. The van der Waals surface area contributed by atoms with Crippen molar-refractivity contribution in [3.63, 3.8) is 0 Å². The summed E-state index contributed by atoms with van der Waals surface area (Å²) in [5.41, 5.74) is 0. The number of halogens is 2. The minimum absolute atomic E-state index is 0.180. The van der Waals surface area contributed by atoms with Gasteiger partial charge in [-0.1, -0.05) is 22.6 Å². The third-order valence-electron chi connectivity index (χ3n) is 3.39. The van der Waals surface area contributed by atoms with Crippen LogP contribution in [0.15, 0.2) is 11.1 Å². The number of hydrogen-bond donors (Lipinski definition) is 0. The van der Waals surface area contributed by atoms with E-state index in [0.717, 1.165) is 0 Å². The standard InChI is InChI=1S/C14H17BrIN3O7/c1-6(20)23-4-9-11(24-7(2)21)12(25-8(3)22)10(16)13(26-9)19-5-17-14(15)18-19/h5,9-13H,4H2,1-3H3/t9-,10+,11-,12-,13+/m1/s1. The highest BCUT2D eigenvalue weighted by Crippen LogP contribution is 2.36. The number of nitrogens with zero attached hydrogens (tertiary/aromatic N) is 3. The third kappa shape index (κ3) is 5.36. The average molecular weight is 546 g/mol. The van der Waals surface area contributed by atoms with E-state index in [0.29, 0.717) is 4.73 Å². The molecular formula is C14H17BrIN3O7. The van der Waals surface area contributed by atoms with Crippen LogP contribution in [0.2, 0.25) is 0 Å². The Hall–Kier alpha value is -1.28. The number of aromatic nitrogens is 3. The van der Waals surface area contributed by atoms with E-state index in [2.05, 4.69) is 26.0 Å². The van der Waals surface area contributed by atoms with E-state index >= 15 is 0 Å². The van der Waals surface area contributed by atoms with Crippen molar-refractivity contribution in [1.29, 1.82) is 0 Å². The molecule has 0 saturated carbocycles. The Morgan fingerprint density at radius 3 is 2.31 bits per heavy atom. The van der Waals surface area contributed by atoms with Crippen LogP contribution in [0.1, 0.15) is 27.0 Å². The summed E-state index contributed by atoms with van der Waals surface area (Å²) in [7, 11) is 0. The van der Waals surface area contributed by atoms with Gasteiger partial charge in [0, 0.05) is 20.8 Å². The molecule has 10 nitrogen and oxygen atoms in total. The number of esters is 3. The van der Waals surface area contributed by atoms with Gasteiger partial charge in [0.25, 0.3) is 0 Å². The quantitative estimate of drug-likeness (QED) is 0.232. The molecule has 1 aliphatic rings. The summed E-state index contributed by atoms with van der Waals surface area (Å²) >= 11 is 5.19. The number of hydrogen-bond acceptors (Lipinski definition) is 9. The molecule has 26 heavy (non-hydrogen) atoms. The van der Waals surface area contributed by atoms with E-state index in [1.165, 1.54) is 31.8 Å². The second kappa shape index (κ2) is 9.08. The third-order valence-corrected chi connectivity index (χ3v) is 5.07. The topological polar surface area (TPSA) is 119 Å². The molecular weight excluding hydrogens is 529 g/mol. The van der Waals surface area contributed by atoms with Crippen LogP contribution >= 0.6 is 38.5 Å². The SMILES string of the molecule is CC(=O)OC[C@H]1O[C@H](n2cnc(Br)n2)[C@@H](I)[C@@H](OC(C)=O)[C@@H]1OC(C)=O. The van der Waals surface area contributed by atoms with Crippen molar-refractivity contribution < 1.29 is 33.3 Å². The number of carbonyl (C=O) groups excluding carboxylic acids is 3. The fourth-order valence-electron chi connectivity index (χ4n) is 2.46. The van der Waals surface area contributed by atoms with Crippen LogP contribution in [-0.2, 0) is 33.3 Å². The summed E-state index contributed by atoms with van der Waals surface area (Å²) in [6, 6.07) is 0. The van der Waals surface area contributed by atoms with Crippen LogP contribution in [-0.4, -0.2) is 61.5 Å². The van der Waals surface area contributed by atoms with Crippen molar-refractivity contribution in [2.24, 2.45) is 0 Å². The highest BCUT2D eigenvalue weighted by molar-refractivity contribution is 14.1. The second-order valence-corrected chi connectivity index (χ2v) is 7.60. The highest BCUT2D eigenvalue weighted by Gasteiger charge is 2.50. The van der Waals surface area contributed by atoms with Gasteiger partial charge in [-0.05, 0) is 15.9 Å². The molecule has 0 N–H and O–H groups in total. The van der Waals surface area contributed by atoms with Crippen molar-refractivity contribution in [3.05, 3.63) is 11.1 Å². The highest BCUT2D eigenvalue weighted by atomic mass is 127. The molecule has 1 saturated heterocycles. The summed E-state index contributed by atoms with van der Waals surface area (Å²) in [6.07, 6.45) is -1.88. The molecule has 1 aliphatic heterocycles. The predicted molar refractivity (Wildman–Crippen MR) is 97.2 cm³/mol. The van der Waals surface area contributed by atoms with Gasteiger partial charge in [0.2, 0.25) is 4.73 Å². The molecule has 5 atom stereocenters. The van der Waals surface area contributed by atoms with Gasteiger partial charge >= 0.3 is 17.9 Å². The van der Waals surface area contributed by atoms with Crippen molar-refractivity contribution in [2.45, 2.75) is 49.2 Å². The maximum atomic E-state index is 11.6. The molecule has 0 spiro atoms. The fraction of sp³-hybridized carbons (Fsp3) is 0.643. The summed E-state index contributed by atoms with van der Waals surface area (Å²) in [4.78, 5) is 38.3. The Balaban J connectivity index is 2.35. The largest absolute Gasteiger partial charge is 0.463 e. The van der Waals surface area contributed by atoms with Gasteiger partial charge in [-0.15, -0.1) is 5.10 Å². The zero-order chi connectivity index (χ0) is 19.4. The van der Waals surface area contributed by atoms with E-state index in [1.807, 2.05) is 22.6 Å². The van der Waals surface area contributed by atoms with Gasteiger partial charge in [-0.25, -0.2) is 9.67 Å². The molecule has 1 aromatic rings. The van der Waals surface area contributed by atoms with E-state index in [-0.39, 0.29) is 6.61 Å². The van der Waals surface area contributed by atoms with Gasteiger partial charge in [-0.3, -0.25) is 14.4 Å². The number of ether oxygens (including phenoxy) is 4. The molecule has 0 bridgehead atoms.